The molecule has 1 aliphatic heterocycles. The fraction of sp³-hybridized carbons (Fsp3) is 0.533. The first-order valence-corrected chi connectivity index (χ1v) is 7.44. The van der Waals surface area contributed by atoms with Crippen LogP contribution in [-0.4, -0.2) is 43.7 Å². The molecule has 0 spiro atoms. The van der Waals surface area contributed by atoms with Crippen molar-refractivity contribution in [1.82, 2.24) is 10.2 Å². The van der Waals surface area contributed by atoms with Gasteiger partial charge in [0.15, 0.2) is 0 Å². The fourth-order valence-corrected chi connectivity index (χ4v) is 2.74. The lowest BCUT2D eigenvalue weighted by molar-refractivity contribution is -0.135. The third-order valence-electron chi connectivity index (χ3n) is 3.49. The van der Waals surface area contributed by atoms with E-state index in [1.807, 2.05) is 36.1 Å². The first kappa shape index (κ1) is 15.3. The largest absolute Gasteiger partial charge is 0.381 e. The van der Waals surface area contributed by atoms with Gasteiger partial charge in [0.05, 0.1) is 19.1 Å². The lowest BCUT2D eigenvalue weighted by atomic mass is 10.0. The summed E-state index contributed by atoms with van der Waals surface area (Å²) in [6.07, 6.45) is 0.425. The number of piperazine rings is 1. The van der Waals surface area contributed by atoms with E-state index in [4.69, 9.17) is 16.3 Å². The second-order valence-electron chi connectivity index (χ2n) is 4.78. The summed E-state index contributed by atoms with van der Waals surface area (Å²) in [5.74, 6) is 0.130. The molecular formula is C15H21ClN2O2. The first-order valence-electron chi connectivity index (χ1n) is 7.06. The number of hydrogen-bond acceptors (Lipinski definition) is 3. The molecule has 0 aromatic heterocycles. The van der Waals surface area contributed by atoms with Crippen molar-refractivity contribution >= 4 is 17.5 Å². The van der Waals surface area contributed by atoms with Crippen LogP contribution in [0.15, 0.2) is 24.3 Å². The number of halogens is 1. The number of nitrogens with one attached hydrogen (secondary N) is 1. The normalized spacial score (nSPS) is 19.1. The lowest BCUT2D eigenvalue weighted by Crippen LogP contribution is -2.49. The molecule has 0 aliphatic carbocycles. The number of carbonyl (C=O) groups excluding carboxylic acids is 1. The molecule has 2 rings (SSSR count). The van der Waals surface area contributed by atoms with Gasteiger partial charge in [-0.3, -0.25) is 4.79 Å². The summed E-state index contributed by atoms with van der Waals surface area (Å²) >= 11 is 6.26. The average molecular weight is 297 g/mol. The fourth-order valence-electron chi connectivity index (χ4n) is 2.47. The molecule has 1 aromatic carbocycles. The molecule has 1 unspecified atom stereocenters. The van der Waals surface area contributed by atoms with E-state index >= 15 is 0 Å². The van der Waals surface area contributed by atoms with Gasteiger partial charge in [-0.1, -0.05) is 29.8 Å². The monoisotopic (exact) mass is 296 g/mol. The number of rotatable bonds is 5. The van der Waals surface area contributed by atoms with Crippen LogP contribution >= 0.6 is 11.6 Å². The smallest absolute Gasteiger partial charge is 0.225 e. The van der Waals surface area contributed by atoms with Gasteiger partial charge in [-0.15, -0.1) is 0 Å². The molecule has 1 aromatic rings. The lowest BCUT2D eigenvalue weighted by Gasteiger charge is -2.37. The number of amides is 1. The van der Waals surface area contributed by atoms with Gasteiger partial charge in [0.2, 0.25) is 5.91 Å². The molecule has 4 nitrogen and oxygen atoms in total. The van der Waals surface area contributed by atoms with E-state index < -0.39 is 0 Å². The molecule has 1 saturated heterocycles. The molecule has 0 saturated carbocycles. The van der Waals surface area contributed by atoms with E-state index in [-0.39, 0.29) is 11.9 Å². The van der Waals surface area contributed by atoms with Crippen LogP contribution in [-0.2, 0) is 9.53 Å². The van der Waals surface area contributed by atoms with Crippen LogP contribution in [0.5, 0.6) is 0 Å². The summed E-state index contributed by atoms with van der Waals surface area (Å²) in [6, 6.07) is 7.73. The van der Waals surface area contributed by atoms with Gasteiger partial charge in [0.1, 0.15) is 0 Å². The SMILES string of the molecule is CCOCCC(=O)N1CCNCC1c1ccccc1Cl. The minimum Gasteiger partial charge on any atom is -0.381 e. The molecule has 1 N–H and O–H groups in total. The predicted octanol–water partition coefficient (Wildman–Crippen LogP) is 2.24. The van der Waals surface area contributed by atoms with Gasteiger partial charge in [0, 0.05) is 31.3 Å². The van der Waals surface area contributed by atoms with E-state index in [9.17, 15) is 4.79 Å². The van der Waals surface area contributed by atoms with Gasteiger partial charge < -0.3 is 15.0 Å². The number of hydrogen-bond donors (Lipinski definition) is 1. The Hall–Kier alpha value is -1.10. The highest BCUT2D eigenvalue weighted by atomic mass is 35.5. The van der Waals surface area contributed by atoms with Crippen molar-refractivity contribution in [2.45, 2.75) is 19.4 Å². The Morgan fingerprint density at radius 2 is 2.30 bits per heavy atom. The van der Waals surface area contributed by atoms with Gasteiger partial charge in [0.25, 0.3) is 0 Å². The first-order chi connectivity index (χ1) is 9.74. The number of carbonyl (C=O) groups is 1. The summed E-state index contributed by atoms with van der Waals surface area (Å²) < 4.78 is 5.27. The second-order valence-corrected chi connectivity index (χ2v) is 5.18. The average Bonchev–Trinajstić information content (AvgIpc) is 2.48. The zero-order chi connectivity index (χ0) is 14.4. The number of nitrogens with zero attached hydrogens (tertiary/aromatic N) is 1. The molecule has 1 amide bonds. The Morgan fingerprint density at radius 1 is 1.50 bits per heavy atom. The van der Waals surface area contributed by atoms with E-state index in [2.05, 4.69) is 5.32 Å². The van der Waals surface area contributed by atoms with Crippen molar-refractivity contribution in [2.24, 2.45) is 0 Å². The third-order valence-corrected chi connectivity index (χ3v) is 3.84. The van der Waals surface area contributed by atoms with Crippen molar-refractivity contribution < 1.29 is 9.53 Å². The van der Waals surface area contributed by atoms with Gasteiger partial charge in [-0.25, -0.2) is 0 Å². The van der Waals surface area contributed by atoms with Gasteiger partial charge in [-0.05, 0) is 18.6 Å². The highest BCUT2D eigenvalue weighted by Crippen LogP contribution is 2.28. The Kier molecular flexibility index (Phi) is 5.83. The van der Waals surface area contributed by atoms with E-state index in [1.54, 1.807) is 0 Å². The van der Waals surface area contributed by atoms with E-state index in [0.29, 0.717) is 31.2 Å². The zero-order valence-electron chi connectivity index (χ0n) is 11.8. The maximum absolute atomic E-state index is 12.3. The maximum Gasteiger partial charge on any atom is 0.225 e. The van der Waals surface area contributed by atoms with Crippen LogP contribution in [0.4, 0.5) is 0 Å². The predicted molar refractivity (Wildman–Crippen MR) is 79.9 cm³/mol. The summed E-state index contributed by atoms with van der Waals surface area (Å²) in [6.45, 7) is 5.32. The zero-order valence-corrected chi connectivity index (χ0v) is 12.5. The minimum atomic E-state index is 0.00609. The van der Waals surface area contributed by atoms with Crippen molar-refractivity contribution in [3.63, 3.8) is 0 Å². The van der Waals surface area contributed by atoms with Crippen molar-refractivity contribution in [1.29, 1.82) is 0 Å². The van der Waals surface area contributed by atoms with Crippen LogP contribution in [0.1, 0.15) is 24.9 Å². The maximum atomic E-state index is 12.3. The molecule has 1 heterocycles. The Bertz CT molecular complexity index is 453. The quantitative estimate of drug-likeness (QED) is 0.847. The summed E-state index contributed by atoms with van der Waals surface area (Å²) in [5.41, 5.74) is 1.01. The van der Waals surface area contributed by atoms with E-state index in [0.717, 1.165) is 18.7 Å². The van der Waals surface area contributed by atoms with Crippen LogP contribution < -0.4 is 5.32 Å². The van der Waals surface area contributed by atoms with Gasteiger partial charge in [-0.2, -0.15) is 0 Å². The number of benzene rings is 1. The van der Waals surface area contributed by atoms with Crippen LogP contribution in [0.2, 0.25) is 5.02 Å². The van der Waals surface area contributed by atoms with Crippen molar-refractivity contribution in [3.05, 3.63) is 34.9 Å². The Balaban J connectivity index is 2.09. The molecule has 5 heteroatoms. The van der Waals surface area contributed by atoms with Gasteiger partial charge >= 0.3 is 0 Å². The molecular weight excluding hydrogens is 276 g/mol. The van der Waals surface area contributed by atoms with Crippen LogP contribution in [0, 0.1) is 0 Å². The van der Waals surface area contributed by atoms with Crippen LogP contribution in [0.25, 0.3) is 0 Å². The van der Waals surface area contributed by atoms with Crippen molar-refractivity contribution in [3.8, 4) is 0 Å². The summed E-state index contributed by atoms with van der Waals surface area (Å²) in [4.78, 5) is 14.3. The van der Waals surface area contributed by atoms with E-state index in [1.165, 1.54) is 0 Å². The molecule has 0 radical (unpaired) electrons. The molecule has 20 heavy (non-hydrogen) atoms. The van der Waals surface area contributed by atoms with Crippen LogP contribution in [0.3, 0.4) is 0 Å². The van der Waals surface area contributed by atoms with Crippen molar-refractivity contribution in [2.75, 3.05) is 32.8 Å². The molecule has 0 bridgehead atoms. The highest BCUT2D eigenvalue weighted by molar-refractivity contribution is 6.31. The third kappa shape index (κ3) is 3.72. The molecule has 1 aliphatic rings. The summed E-state index contributed by atoms with van der Waals surface area (Å²) in [5, 5.41) is 4.04. The Morgan fingerprint density at radius 3 is 3.05 bits per heavy atom. The summed E-state index contributed by atoms with van der Waals surface area (Å²) in [7, 11) is 0. The second kappa shape index (κ2) is 7.62. The molecule has 1 atom stereocenters. The molecule has 1 fully saturated rings. The minimum absolute atomic E-state index is 0.00609. The highest BCUT2D eigenvalue weighted by Gasteiger charge is 2.28. The standard InChI is InChI=1S/C15H21ClN2O2/c1-2-20-10-7-15(19)18-9-8-17-11-14(18)12-5-3-4-6-13(12)16/h3-6,14,17H,2,7-11H2,1H3. The molecule has 110 valence electrons. The topological polar surface area (TPSA) is 41.6 Å². The Labute approximate surface area is 125 Å². The number of ether oxygens (including phenoxy) is 1.